The van der Waals surface area contributed by atoms with Gasteiger partial charge < -0.3 is 10.1 Å². The third kappa shape index (κ3) is 4.76. The van der Waals surface area contributed by atoms with Crippen LogP contribution in [-0.4, -0.2) is 32.4 Å². The number of rotatable bonds is 7. The van der Waals surface area contributed by atoms with Crippen molar-refractivity contribution in [1.82, 2.24) is 5.32 Å². The van der Waals surface area contributed by atoms with Gasteiger partial charge in [0.25, 0.3) is 15.9 Å². The van der Waals surface area contributed by atoms with E-state index in [1.807, 2.05) is 0 Å². The fourth-order valence-corrected chi connectivity index (χ4v) is 4.53. The SMILES string of the molecule is CCOC(=O)C1(NC(=O)c2cccc(NS(=O)(=O)c3ccccc3)c2)CCCC1. The zero-order valence-corrected chi connectivity index (χ0v) is 17.0. The van der Waals surface area contributed by atoms with Crippen LogP contribution in [0.4, 0.5) is 5.69 Å². The standard InChI is InChI=1S/C21H24N2O5S/c1-2-28-20(25)21(13-6-7-14-21)22-19(24)16-9-8-10-17(15-16)23-29(26,27)18-11-4-3-5-12-18/h3-5,8-12,15,23H,2,6-7,13-14H2,1H3,(H,22,24). The molecule has 1 aliphatic carbocycles. The van der Waals surface area contributed by atoms with Crippen molar-refractivity contribution < 1.29 is 22.7 Å². The van der Waals surface area contributed by atoms with Crippen molar-refractivity contribution in [3.63, 3.8) is 0 Å². The molecule has 0 saturated heterocycles. The summed E-state index contributed by atoms with van der Waals surface area (Å²) in [6.45, 7) is 1.97. The van der Waals surface area contributed by atoms with Gasteiger partial charge >= 0.3 is 5.97 Å². The minimum absolute atomic E-state index is 0.127. The number of nitrogens with one attached hydrogen (secondary N) is 2. The Hall–Kier alpha value is -2.87. The molecule has 0 radical (unpaired) electrons. The van der Waals surface area contributed by atoms with E-state index < -0.39 is 27.4 Å². The van der Waals surface area contributed by atoms with Gasteiger partial charge in [-0.2, -0.15) is 0 Å². The Bertz CT molecular complexity index is 983. The van der Waals surface area contributed by atoms with Crippen LogP contribution in [0.3, 0.4) is 0 Å². The molecule has 7 nitrogen and oxygen atoms in total. The molecule has 0 atom stereocenters. The number of amides is 1. The lowest BCUT2D eigenvalue weighted by Crippen LogP contribution is -2.53. The molecule has 2 aromatic carbocycles. The Labute approximate surface area is 170 Å². The summed E-state index contributed by atoms with van der Waals surface area (Å²) in [6.07, 6.45) is 2.71. The normalized spacial score (nSPS) is 15.5. The second kappa shape index (κ2) is 8.65. The molecule has 0 bridgehead atoms. The molecule has 0 aromatic heterocycles. The number of carbonyl (C=O) groups is 2. The summed E-state index contributed by atoms with van der Waals surface area (Å²) in [5.41, 5.74) is -0.501. The quantitative estimate of drug-likeness (QED) is 0.676. The lowest BCUT2D eigenvalue weighted by atomic mass is 9.97. The number of sulfonamides is 1. The lowest BCUT2D eigenvalue weighted by molar-refractivity contribution is -0.150. The van der Waals surface area contributed by atoms with Crippen LogP contribution in [-0.2, 0) is 19.6 Å². The molecule has 0 unspecified atom stereocenters. The van der Waals surface area contributed by atoms with Crippen molar-refractivity contribution in [2.24, 2.45) is 0 Å². The number of ether oxygens (including phenoxy) is 1. The van der Waals surface area contributed by atoms with Crippen LogP contribution in [0.1, 0.15) is 43.0 Å². The van der Waals surface area contributed by atoms with Crippen molar-refractivity contribution in [3.8, 4) is 0 Å². The molecule has 2 N–H and O–H groups in total. The molecule has 3 rings (SSSR count). The van der Waals surface area contributed by atoms with Crippen molar-refractivity contribution in [1.29, 1.82) is 0 Å². The first-order chi connectivity index (χ1) is 13.9. The summed E-state index contributed by atoms with van der Waals surface area (Å²) in [5.74, 6) is -0.868. The van der Waals surface area contributed by atoms with Crippen molar-refractivity contribution in [2.75, 3.05) is 11.3 Å². The fraction of sp³-hybridized carbons (Fsp3) is 0.333. The highest BCUT2D eigenvalue weighted by Gasteiger charge is 2.44. The Morgan fingerprint density at radius 1 is 1.03 bits per heavy atom. The molecule has 8 heteroatoms. The zero-order chi connectivity index (χ0) is 20.9. The van der Waals surface area contributed by atoms with Crippen LogP contribution in [0.15, 0.2) is 59.5 Å². The predicted molar refractivity (Wildman–Crippen MR) is 109 cm³/mol. The summed E-state index contributed by atoms with van der Waals surface area (Å²) in [7, 11) is -3.77. The van der Waals surface area contributed by atoms with Gasteiger partial charge in [-0.05, 0) is 50.1 Å². The van der Waals surface area contributed by atoms with E-state index in [0.29, 0.717) is 12.8 Å². The van der Waals surface area contributed by atoms with E-state index in [1.54, 1.807) is 43.3 Å². The van der Waals surface area contributed by atoms with Gasteiger partial charge in [-0.1, -0.05) is 37.1 Å². The molecule has 0 aliphatic heterocycles. The molecular formula is C21H24N2O5S. The molecule has 0 heterocycles. The number of carbonyl (C=O) groups excluding carboxylic acids is 2. The van der Waals surface area contributed by atoms with Crippen LogP contribution in [0.25, 0.3) is 0 Å². The summed E-state index contributed by atoms with van der Waals surface area (Å²) >= 11 is 0. The molecule has 1 saturated carbocycles. The number of hydrogen-bond acceptors (Lipinski definition) is 5. The van der Waals surface area contributed by atoms with E-state index in [9.17, 15) is 18.0 Å². The highest BCUT2D eigenvalue weighted by atomic mass is 32.2. The van der Waals surface area contributed by atoms with Crippen LogP contribution < -0.4 is 10.0 Å². The second-order valence-corrected chi connectivity index (χ2v) is 8.65. The molecule has 154 valence electrons. The smallest absolute Gasteiger partial charge is 0.331 e. The minimum atomic E-state index is -3.77. The van der Waals surface area contributed by atoms with Crippen LogP contribution in [0.5, 0.6) is 0 Å². The second-order valence-electron chi connectivity index (χ2n) is 6.96. The number of anilines is 1. The van der Waals surface area contributed by atoms with E-state index in [0.717, 1.165) is 12.8 Å². The minimum Gasteiger partial charge on any atom is -0.464 e. The number of hydrogen-bond donors (Lipinski definition) is 2. The topological polar surface area (TPSA) is 102 Å². The van der Waals surface area contributed by atoms with Gasteiger partial charge in [0.1, 0.15) is 5.54 Å². The van der Waals surface area contributed by atoms with Gasteiger partial charge in [0.2, 0.25) is 0 Å². The highest BCUT2D eigenvalue weighted by Crippen LogP contribution is 2.31. The first kappa shape index (κ1) is 20.9. The Balaban J connectivity index is 1.78. The molecule has 1 aliphatic rings. The lowest BCUT2D eigenvalue weighted by Gasteiger charge is -2.27. The Kier molecular flexibility index (Phi) is 6.22. The third-order valence-electron chi connectivity index (χ3n) is 4.91. The van der Waals surface area contributed by atoms with E-state index >= 15 is 0 Å². The van der Waals surface area contributed by atoms with E-state index in [2.05, 4.69) is 10.0 Å². The van der Waals surface area contributed by atoms with Gasteiger partial charge in [-0.3, -0.25) is 9.52 Å². The van der Waals surface area contributed by atoms with Gasteiger partial charge in [-0.25, -0.2) is 13.2 Å². The van der Waals surface area contributed by atoms with Gasteiger partial charge in [0, 0.05) is 11.3 Å². The van der Waals surface area contributed by atoms with Crippen LogP contribution >= 0.6 is 0 Å². The van der Waals surface area contributed by atoms with Gasteiger partial charge in [-0.15, -0.1) is 0 Å². The molecule has 1 amide bonds. The predicted octanol–water partition coefficient (Wildman–Crippen LogP) is 3.09. The van der Waals surface area contributed by atoms with E-state index in [1.165, 1.54) is 18.2 Å². The maximum atomic E-state index is 12.8. The molecule has 1 fully saturated rings. The summed E-state index contributed by atoms with van der Waals surface area (Å²) < 4.78 is 32.6. The first-order valence-corrected chi connectivity index (χ1v) is 11.0. The van der Waals surface area contributed by atoms with Crippen LogP contribution in [0.2, 0.25) is 0 Å². The fourth-order valence-electron chi connectivity index (χ4n) is 3.46. The number of esters is 1. The maximum absolute atomic E-state index is 12.8. The summed E-state index contributed by atoms with van der Waals surface area (Å²) in [6, 6.07) is 14.1. The highest BCUT2D eigenvalue weighted by molar-refractivity contribution is 7.92. The van der Waals surface area contributed by atoms with Crippen molar-refractivity contribution in [3.05, 3.63) is 60.2 Å². The van der Waals surface area contributed by atoms with Gasteiger partial charge in [0.15, 0.2) is 0 Å². The monoisotopic (exact) mass is 416 g/mol. The largest absolute Gasteiger partial charge is 0.464 e. The van der Waals surface area contributed by atoms with Crippen LogP contribution in [0, 0.1) is 0 Å². The summed E-state index contributed by atoms with van der Waals surface area (Å²) in [5, 5.41) is 2.82. The maximum Gasteiger partial charge on any atom is 0.331 e. The Morgan fingerprint density at radius 3 is 2.38 bits per heavy atom. The van der Waals surface area contributed by atoms with E-state index in [-0.39, 0.29) is 22.8 Å². The molecule has 29 heavy (non-hydrogen) atoms. The summed E-state index contributed by atoms with van der Waals surface area (Å²) in [4.78, 5) is 25.4. The van der Waals surface area contributed by atoms with Gasteiger partial charge in [0.05, 0.1) is 11.5 Å². The molecule has 2 aromatic rings. The average Bonchev–Trinajstić information content (AvgIpc) is 3.18. The van der Waals surface area contributed by atoms with E-state index in [4.69, 9.17) is 4.74 Å². The number of benzene rings is 2. The average molecular weight is 416 g/mol. The third-order valence-corrected chi connectivity index (χ3v) is 6.30. The zero-order valence-electron chi connectivity index (χ0n) is 16.2. The van der Waals surface area contributed by atoms with Crippen molar-refractivity contribution >= 4 is 27.6 Å². The molecule has 0 spiro atoms. The molecular weight excluding hydrogens is 392 g/mol. The van der Waals surface area contributed by atoms with Crippen molar-refractivity contribution in [2.45, 2.75) is 43.0 Å². The Morgan fingerprint density at radius 2 is 1.72 bits per heavy atom. The first-order valence-electron chi connectivity index (χ1n) is 9.54.